The van der Waals surface area contributed by atoms with E-state index in [1.807, 2.05) is 0 Å². The fourth-order valence-electron chi connectivity index (χ4n) is 1.52. The molecule has 1 heterocycles. The number of halogens is 1. The fourth-order valence-corrected chi connectivity index (χ4v) is 1.52. The monoisotopic (exact) mass is 293 g/mol. The first-order valence-corrected chi connectivity index (χ1v) is 6.00. The number of amides is 1. The number of hydrogen-bond donors (Lipinski definition) is 2. The first kappa shape index (κ1) is 14.7. The minimum absolute atomic E-state index is 0.0220. The topological polar surface area (TPSA) is 88.8 Å². The highest BCUT2D eigenvalue weighted by atomic mass is 19.1. The molecule has 0 aliphatic rings. The Hall–Kier alpha value is -2.67. The average molecular weight is 293 g/mol. The van der Waals surface area contributed by atoms with E-state index in [1.54, 1.807) is 6.07 Å². The molecule has 1 aromatic heterocycles. The second-order valence-corrected chi connectivity index (χ2v) is 4.05. The maximum atomic E-state index is 13.3. The van der Waals surface area contributed by atoms with Gasteiger partial charge in [-0.2, -0.15) is 0 Å². The number of carbonyl (C=O) groups excluding carboxylic acids is 1. The lowest BCUT2D eigenvalue weighted by atomic mass is 10.3. The molecule has 2 rings (SSSR count). The summed E-state index contributed by atoms with van der Waals surface area (Å²) in [6.07, 6.45) is 1.00. The van der Waals surface area contributed by atoms with E-state index in [0.29, 0.717) is 0 Å². The van der Waals surface area contributed by atoms with E-state index < -0.39 is 30.4 Å². The summed E-state index contributed by atoms with van der Waals surface area (Å²) in [6, 6.07) is 6.73. The molecule has 0 saturated heterocycles. The molecule has 0 aliphatic heterocycles. The van der Waals surface area contributed by atoms with Crippen LogP contribution in [0.5, 0.6) is 5.75 Å². The van der Waals surface area contributed by atoms with Crippen molar-refractivity contribution < 1.29 is 23.4 Å². The zero-order chi connectivity index (χ0) is 15.2. The molecule has 110 valence electrons. The van der Waals surface area contributed by atoms with Gasteiger partial charge in [0.15, 0.2) is 6.61 Å². The van der Waals surface area contributed by atoms with Crippen molar-refractivity contribution in [3.8, 4) is 5.75 Å². The highest BCUT2D eigenvalue weighted by Gasteiger charge is 2.09. The molecule has 0 fully saturated rings. The van der Waals surface area contributed by atoms with E-state index in [1.165, 1.54) is 18.2 Å². The Labute approximate surface area is 118 Å². The maximum Gasteiger partial charge on any atom is 0.262 e. The number of ether oxygens (including phenoxy) is 1. The Morgan fingerprint density at radius 1 is 1.38 bits per heavy atom. The molecule has 2 N–H and O–H groups in total. The van der Waals surface area contributed by atoms with Gasteiger partial charge < -0.3 is 19.6 Å². The maximum absolute atomic E-state index is 13.3. The van der Waals surface area contributed by atoms with Gasteiger partial charge in [-0.05, 0) is 12.1 Å². The number of carbonyl (C=O) groups is 1. The van der Waals surface area contributed by atoms with Crippen LogP contribution in [0, 0.1) is 5.82 Å². The zero-order valence-electron chi connectivity index (χ0n) is 10.8. The molecule has 1 aromatic carbocycles. The van der Waals surface area contributed by atoms with Gasteiger partial charge in [-0.1, -0.05) is 12.1 Å². The third kappa shape index (κ3) is 3.90. The van der Waals surface area contributed by atoms with E-state index in [0.717, 1.165) is 12.3 Å². The molecular formula is C14H12FNO5. The van der Waals surface area contributed by atoms with Crippen LogP contribution in [0.1, 0.15) is 5.76 Å². The highest BCUT2D eigenvalue weighted by molar-refractivity contribution is 5.91. The van der Waals surface area contributed by atoms with Crippen LogP contribution in [-0.2, 0) is 11.4 Å². The molecule has 0 saturated carbocycles. The summed E-state index contributed by atoms with van der Waals surface area (Å²) < 4.78 is 23.2. The molecule has 6 nitrogen and oxygen atoms in total. The summed E-state index contributed by atoms with van der Waals surface area (Å²) in [5.74, 6) is -1.28. The minimum atomic E-state index is -0.620. The number of para-hydroxylation sites is 1. The SMILES string of the molecule is O=C(COc1coc(CO)cc1=O)Nc1ccccc1F. The summed E-state index contributed by atoms with van der Waals surface area (Å²) in [4.78, 5) is 23.1. The van der Waals surface area contributed by atoms with Gasteiger partial charge in [0, 0.05) is 6.07 Å². The number of benzene rings is 1. The average Bonchev–Trinajstić information content (AvgIpc) is 2.48. The van der Waals surface area contributed by atoms with Crippen molar-refractivity contribution >= 4 is 11.6 Å². The number of nitrogens with one attached hydrogen (secondary N) is 1. The molecule has 0 radical (unpaired) electrons. The van der Waals surface area contributed by atoms with Crippen molar-refractivity contribution in [1.29, 1.82) is 0 Å². The van der Waals surface area contributed by atoms with Gasteiger partial charge in [0.1, 0.15) is 24.4 Å². The Morgan fingerprint density at radius 2 is 2.14 bits per heavy atom. The highest BCUT2D eigenvalue weighted by Crippen LogP contribution is 2.12. The third-order valence-electron chi connectivity index (χ3n) is 2.51. The fraction of sp³-hybridized carbons (Fsp3) is 0.143. The minimum Gasteiger partial charge on any atom is -0.477 e. The predicted octanol–water partition coefficient (Wildman–Crippen LogP) is 1.29. The third-order valence-corrected chi connectivity index (χ3v) is 2.51. The van der Waals surface area contributed by atoms with Crippen LogP contribution in [0.2, 0.25) is 0 Å². The summed E-state index contributed by atoms with van der Waals surface area (Å²) in [6.45, 7) is -0.888. The number of anilines is 1. The quantitative estimate of drug-likeness (QED) is 0.867. The van der Waals surface area contributed by atoms with Crippen LogP contribution in [0.25, 0.3) is 0 Å². The van der Waals surface area contributed by atoms with Gasteiger partial charge >= 0.3 is 0 Å². The van der Waals surface area contributed by atoms with Gasteiger partial charge in [0.25, 0.3) is 5.91 Å². The first-order valence-electron chi connectivity index (χ1n) is 6.00. The van der Waals surface area contributed by atoms with Crippen molar-refractivity contribution in [2.75, 3.05) is 11.9 Å². The van der Waals surface area contributed by atoms with E-state index >= 15 is 0 Å². The van der Waals surface area contributed by atoms with Crippen molar-refractivity contribution in [2.24, 2.45) is 0 Å². The van der Waals surface area contributed by atoms with Crippen LogP contribution >= 0.6 is 0 Å². The van der Waals surface area contributed by atoms with E-state index in [4.69, 9.17) is 14.3 Å². The number of aliphatic hydroxyl groups excluding tert-OH is 1. The Bertz CT molecular complexity index is 698. The van der Waals surface area contributed by atoms with Crippen molar-refractivity contribution in [1.82, 2.24) is 0 Å². The van der Waals surface area contributed by atoms with Crippen LogP contribution < -0.4 is 15.5 Å². The Morgan fingerprint density at radius 3 is 2.81 bits per heavy atom. The van der Waals surface area contributed by atoms with Gasteiger partial charge in [0.05, 0.1) is 5.69 Å². The lowest BCUT2D eigenvalue weighted by molar-refractivity contribution is -0.118. The molecule has 0 aliphatic carbocycles. The lowest BCUT2D eigenvalue weighted by Crippen LogP contribution is -2.22. The van der Waals surface area contributed by atoms with E-state index in [9.17, 15) is 14.0 Å². The van der Waals surface area contributed by atoms with Crippen LogP contribution in [0.3, 0.4) is 0 Å². The molecule has 0 spiro atoms. The van der Waals surface area contributed by atoms with Gasteiger partial charge in [-0.15, -0.1) is 0 Å². The second kappa shape index (κ2) is 6.67. The van der Waals surface area contributed by atoms with Crippen LogP contribution in [0.4, 0.5) is 10.1 Å². The van der Waals surface area contributed by atoms with E-state index in [-0.39, 0.29) is 17.2 Å². The lowest BCUT2D eigenvalue weighted by Gasteiger charge is -2.07. The van der Waals surface area contributed by atoms with Gasteiger partial charge in [0.2, 0.25) is 11.2 Å². The molecule has 2 aromatic rings. The molecule has 0 atom stereocenters. The molecule has 0 unspecified atom stereocenters. The van der Waals surface area contributed by atoms with E-state index in [2.05, 4.69) is 5.32 Å². The molecular weight excluding hydrogens is 281 g/mol. The van der Waals surface area contributed by atoms with Crippen molar-refractivity contribution in [3.05, 3.63) is 58.4 Å². The molecule has 7 heteroatoms. The Kier molecular flexibility index (Phi) is 4.68. The van der Waals surface area contributed by atoms with Crippen molar-refractivity contribution in [2.45, 2.75) is 6.61 Å². The summed E-state index contributed by atoms with van der Waals surface area (Å²) in [5.41, 5.74) is -0.502. The number of aliphatic hydroxyl groups is 1. The summed E-state index contributed by atoms with van der Waals surface area (Å²) in [5, 5.41) is 11.1. The smallest absolute Gasteiger partial charge is 0.262 e. The van der Waals surface area contributed by atoms with Crippen LogP contribution in [0.15, 0.2) is 45.8 Å². The van der Waals surface area contributed by atoms with Crippen molar-refractivity contribution in [3.63, 3.8) is 0 Å². The Balaban J connectivity index is 1.96. The normalized spacial score (nSPS) is 10.2. The largest absolute Gasteiger partial charge is 0.477 e. The van der Waals surface area contributed by atoms with Crippen LogP contribution in [-0.4, -0.2) is 17.6 Å². The molecule has 1 amide bonds. The number of hydrogen-bond acceptors (Lipinski definition) is 5. The molecule has 0 bridgehead atoms. The second-order valence-electron chi connectivity index (χ2n) is 4.05. The zero-order valence-corrected chi connectivity index (χ0v) is 10.8. The predicted molar refractivity (Wildman–Crippen MR) is 71.4 cm³/mol. The summed E-state index contributed by atoms with van der Waals surface area (Å²) in [7, 11) is 0. The number of rotatable bonds is 5. The van der Waals surface area contributed by atoms with Gasteiger partial charge in [-0.25, -0.2) is 4.39 Å². The first-order chi connectivity index (χ1) is 10.1. The van der Waals surface area contributed by atoms with Gasteiger partial charge in [-0.3, -0.25) is 9.59 Å². The summed E-state index contributed by atoms with van der Waals surface area (Å²) >= 11 is 0. The molecule has 21 heavy (non-hydrogen) atoms. The standard InChI is InChI=1S/C14H12FNO5/c15-10-3-1-2-4-11(10)16-14(19)8-21-13-7-20-9(6-17)5-12(13)18/h1-5,7,17H,6,8H2,(H,16,19).